The molecular formula is C51H64N4O9S. The number of nitrogens with zero attached hydrogens (tertiary/aromatic N) is 4. The van der Waals surface area contributed by atoms with E-state index in [4.69, 9.17) is 28.9 Å². The van der Waals surface area contributed by atoms with Gasteiger partial charge in [0.05, 0.1) is 42.1 Å². The summed E-state index contributed by atoms with van der Waals surface area (Å²) in [6.45, 7) is 9.21. The molecule has 4 heterocycles. The lowest BCUT2D eigenvalue weighted by molar-refractivity contribution is -0.251. The molecule has 2 aliphatic heterocycles. The Morgan fingerprint density at radius 2 is 1.83 bits per heavy atom. The summed E-state index contributed by atoms with van der Waals surface area (Å²) in [5.41, 5.74) is 4.53. The third-order valence-corrected chi connectivity index (χ3v) is 15.3. The SMILES string of the molecule is C=CCOC12Oc3ccc(OCc4cccc(C)n4)cc3C3C(CCCCO)C(CCCCO)C=C(C(=NOC4CCCCO4)CC1N(CCC)S(=O)(=O)c1cccc4cccnc14)C32. The lowest BCUT2D eigenvalue weighted by atomic mass is 9.55. The van der Waals surface area contributed by atoms with Crippen LogP contribution in [0.5, 0.6) is 11.5 Å². The predicted molar refractivity (Wildman–Crippen MR) is 249 cm³/mol. The Balaban J connectivity index is 1.35. The number of aromatic nitrogens is 2. The quantitative estimate of drug-likeness (QED) is 0.0467. The molecule has 14 heteroatoms. The summed E-state index contributed by atoms with van der Waals surface area (Å²) in [4.78, 5) is 15.6. The highest BCUT2D eigenvalue weighted by Gasteiger charge is 2.66. The van der Waals surface area contributed by atoms with Crippen molar-refractivity contribution in [3.8, 4) is 11.5 Å². The second-order valence-electron chi connectivity index (χ2n) is 17.7. The minimum atomic E-state index is -4.30. The molecule has 8 rings (SSSR count). The number of para-hydroxylation sites is 1. The van der Waals surface area contributed by atoms with E-state index in [-0.39, 0.29) is 62.0 Å². The molecule has 2 aromatic heterocycles. The van der Waals surface area contributed by atoms with Crippen LogP contribution in [-0.2, 0) is 30.9 Å². The average molecular weight is 909 g/mol. The number of rotatable bonds is 21. The number of benzene rings is 2. The van der Waals surface area contributed by atoms with Crippen molar-refractivity contribution in [1.29, 1.82) is 0 Å². The van der Waals surface area contributed by atoms with E-state index < -0.39 is 34.1 Å². The number of hydrogen-bond donors (Lipinski definition) is 2. The average Bonchev–Trinajstić information content (AvgIpc) is 3.32. The fraction of sp³-hybridized carbons (Fsp3) is 0.510. The Labute approximate surface area is 383 Å². The number of allylic oxidation sites excluding steroid dienone is 1. The minimum Gasteiger partial charge on any atom is -0.487 e. The van der Waals surface area contributed by atoms with Crippen molar-refractivity contribution in [2.24, 2.45) is 22.9 Å². The number of ether oxygens (including phenoxy) is 4. The van der Waals surface area contributed by atoms with Gasteiger partial charge < -0.3 is 34.0 Å². The molecule has 7 atom stereocenters. The van der Waals surface area contributed by atoms with Crippen LogP contribution in [0.15, 0.2) is 107 Å². The molecule has 2 N–H and O–H groups in total. The number of aliphatic hydroxyl groups is 2. The van der Waals surface area contributed by atoms with Gasteiger partial charge in [0, 0.05) is 61.4 Å². The lowest BCUT2D eigenvalue weighted by Gasteiger charge is -2.59. The summed E-state index contributed by atoms with van der Waals surface area (Å²) < 4.78 is 59.8. The summed E-state index contributed by atoms with van der Waals surface area (Å²) >= 11 is 0. The maximum absolute atomic E-state index is 15.6. The highest BCUT2D eigenvalue weighted by atomic mass is 32.2. The number of unbranched alkanes of at least 4 members (excludes halogenated alkanes) is 2. The molecule has 2 fully saturated rings. The van der Waals surface area contributed by atoms with Gasteiger partial charge in [-0.05, 0) is 112 Å². The summed E-state index contributed by atoms with van der Waals surface area (Å²) in [6, 6.07) is 19.7. The molecule has 1 saturated carbocycles. The molecule has 2 aliphatic carbocycles. The molecule has 0 spiro atoms. The van der Waals surface area contributed by atoms with Crippen LogP contribution in [0.25, 0.3) is 10.9 Å². The minimum absolute atomic E-state index is 0.00173. The van der Waals surface area contributed by atoms with Gasteiger partial charge in [-0.25, -0.2) is 8.42 Å². The van der Waals surface area contributed by atoms with Crippen LogP contribution < -0.4 is 9.47 Å². The van der Waals surface area contributed by atoms with E-state index in [0.717, 1.165) is 61.0 Å². The number of sulfonamides is 1. The van der Waals surface area contributed by atoms with Crippen molar-refractivity contribution in [3.05, 3.63) is 114 Å². The molecule has 7 unspecified atom stereocenters. The van der Waals surface area contributed by atoms with Crippen LogP contribution in [0.2, 0.25) is 0 Å². The Morgan fingerprint density at radius 3 is 2.60 bits per heavy atom. The highest BCUT2D eigenvalue weighted by Crippen LogP contribution is 2.62. The van der Waals surface area contributed by atoms with E-state index in [1.165, 1.54) is 0 Å². The maximum atomic E-state index is 15.6. The van der Waals surface area contributed by atoms with Gasteiger partial charge in [0.25, 0.3) is 0 Å². The number of hydrogen-bond acceptors (Lipinski definition) is 12. The molecule has 0 bridgehead atoms. The Kier molecular flexibility index (Phi) is 15.3. The molecule has 4 aliphatic rings. The van der Waals surface area contributed by atoms with Gasteiger partial charge >= 0.3 is 0 Å². The molecule has 0 amide bonds. The molecule has 4 aromatic rings. The number of aryl methyl sites for hydroxylation is 1. The van der Waals surface area contributed by atoms with Crippen LogP contribution in [0, 0.1) is 24.7 Å². The highest BCUT2D eigenvalue weighted by molar-refractivity contribution is 7.89. The van der Waals surface area contributed by atoms with Gasteiger partial charge in [0.2, 0.25) is 22.1 Å². The first-order valence-corrected chi connectivity index (χ1v) is 24.9. The molecule has 13 nitrogen and oxygen atoms in total. The van der Waals surface area contributed by atoms with E-state index >= 15 is 8.42 Å². The fourth-order valence-electron chi connectivity index (χ4n) is 10.5. The molecule has 348 valence electrons. The van der Waals surface area contributed by atoms with Gasteiger partial charge in [-0.1, -0.05) is 61.3 Å². The third kappa shape index (κ3) is 9.89. The molecular weight excluding hydrogens is 845 g/mol. The van der Waals surface area contributed by atoms with Crippen molar-refractivity contribution in [2.75, 3.05) is 33.0 Å². The third-order valence-electron chi connectivity index (χ3n) is 13.4. The van der Waals surface area contributed by atoms with Crippen molar-refractivity contribution in [1.82, 2.24) is 14.3 Å². The van der Waals surface area contributed by atoms with Crippen molar-refractivity contribution in [2.45, 2.75) is 120 Å². The van der Waals surface area contributed by atoms with Crippen LogP contribution in [-0.4, -0.2) is 89.7 Å². The Bertz CT molecular complexity index is 2430. The van der Waals surface area contributed by atoms with Gasteiger partial charge in [0.15, 0.2) is 0 Å². The number of pyridine rings is 2. The normalized spacial score (nSPS) is 25.7. The number of aliphatic hydroxyl groups excluding tert-OH is 2. The first-order chi connectivity index (χ1) is 31.7. The van der Waals surface area contributed by atoms with Crippen LogP contribution in [0.1, 0.15) is 100 Å². The molecule has 1 saturated heterocycles. The van der Waals surface area contributed by atoms with Gasteiger partial charge in [-0.2, -0.15) is 4.31 Å². The van der Waals surface area contributed by atoms with E-state index in [9.17, 15) is 10.2 Å². The fourth-order valence-corrected chi connectivity index (χ4v) is 12.4. The zero-order valence-corrected chi connectivity index (χ0v) is 38.5. The first kappa shape index (κ1) is 46.8. The van der Waals surface area contributed by atoms with Gasteiger partial charge in [-0.3, -0.25) is 9.97 Å². The standard InChI is InChI=1S/C51H64N4O9S/c1-4-26-55(65(58,59)45-21-13-17-36-18-14-25-52-50(36)45)46-33-43(54-64-47-22-8-11-30-60-47)41-31-37(16-6-9-27-56)40(20-7-10-28-57)48-42-32-39(61-34-38-19-12-15-35(3)53-38)23-24-44(42)63-51(46,49(41)48)62-29-5-2/h5,12-15,17-19,21,23-25,31-32,37,40,46-49,56-57H,2,4,6-11,16,20,22,26-30,33-34H2,1,3H3. The lowest BCUT2D eigenvalue weighted by Crippen LogP contribution is -2.70. The van der Waals surface area contributed by atoms with Crippen molar-refractivity contribution < 1.29 is 42.4 Å². The van der Waals surface area contributed by atoms with E-state index in [0.29, 0.717) is 60.4 Å². The van der Waals surface area contributed by atoms with Crippen molar-refractivity contribution >= 4 is 26.6 Å². The zero-order chi connectivity index (χ0) is 45.4. The number of oxime groups is 1. The van der Waals surface area contributed by atoms with Crippen molar-refractivity contribution in [3.63, 3.8) is 0 Å². The predicted octanol–water partition coefficient (Wildman–Crippen LogP) is 8.78. The summed E-state index contributed by atoms with van der Waals surface area (Å²) in [7, 11) is -4.30. The largest absolute Gasteiger partial charge is 0.487 e. The summed E-state index contributed by atoms with van der Waals surface area (Å²) in [6.07, 6.45) is 12.7. The van der Waals surface area contributed by atoms with E-state index in [2.05, 4.69) is 28.7 Å². The molecule has 65 heavy (non-hydrogen) atoms. The topological polar surface area (TPSA) is 162 Å². The monoisotopic (exact) mass is 908 g/mol. The molecule has 2 aromatic carbocycles. The van der Waals surface area contributed by atoms with Crippen LogP contribution in [0.4, 0.5) is 0 Å². The zero-order valence-electron chi connectivity index (χ0n) is 37.7. The summed E-state index contributed by atoms with van der Waals surface area (Å²) in [5.74, 6) is -1.18. The van der Waals surface area contributed by atoms with Crippen LogP contribution in [0.3, 0.4) is 0 Å². The summed E-state index contributed by atoms with van der Waals surface area (Å²) in [5, 5.41) is 25.7. The molecule has 0 radical (unpaired) electrons. The van der Waals surface area contributed by atoms with E-state index in [1.807, 2.05) is 56.3 Å². The second-order valence-corrected chi connectivity index (χ2v) is 19.5. The van der Waals surface area contributed by atoms with Crippen LogP contribution >= 0.6 is 0 Å². The second kappa shape index (κ2) is 21.3. The Morgan fingerprint density at radius 1 is 1.02 bits per heavy atom. The number of fused-ring (bicyclic) bond motifs is 3. The van der Waals surface area contributed by atoms with Gasteiger partial charge in [0.1, 0.15) is 23.0 Å². The maximum Gasteiger partial charge on any atom is 0.245 e. The van der Waals surface area contributed by atoms with Gasteiger partial charge in [-0.15, -0.1) is 6.58 Å². The Hall–Kier alpha value is -4.70. The van der Waals surface area contributed by atoms with E-state index in [1.54, 1.807) is 34.8 Å². The smallest absolute Gasteiger partial charge is 0.245 e. The first-order valence-electron chi connectivity index (χ1n) is 23.5.